The average molecular weight is 170 g/mol. The summed E-state index contributed by atoms with van der Waals surface area (Å²) in [5, 5.41) is 6.71. The van der Waals surface area contributed by atoms with Crippen LogP contribution in [0.5, 0.6) is 0 Å². The molecule has 0 aliphatic carbocycles. The highest BCUT2D eigenvalue weighted by Crippen LogP contribution is 2.15. The normalized spacial score (nSPS) is 25.2. The van der Waals surface area contributed by atoms with Crippen molar-refractivity contribution in [1.82, 2.24) is 10.6 Å². The molecule has 1 saturated heterocycles. The van der Waals surface area contributed by atoms with Crippen LogP contribution in [0.25, 0.3) is 0 Å². The Morgan fingerprint density at radius 1 is 1.42 bits per heavy atom. The van der Waals surface area contributed by atoms with E-state index < -0.39 is 0 Å². The second-order valence-corrected chi connectivity index (χ2v) is 3.81. The lowest BCUT2D eigenvalue weighted by molar-refractivity contribution is 0.430. The predicted octanol–water partition coefficient (Wildman–Crippen LogP) is 1.38. The first kappa shape index (κ1) is 10.0. The van der Waals surface area contributed by atoms with Crippen LogP contribution in [-0.2, 0) is 0 Å². The van der Waals surface area contributed by atoms with Gasteiger partial charge in [0.15, 0.2) is 0 Å². The monoisotopic (exact) mass is 170 g/mol. The minimum absolute atomic E-state index is 0.945. The molecule has 1 rings (SSSR count). The summed E-state index contributed by atoms with van der Waals surface area (Å²) in [5.74, 6) is 0.945. The zero-order valence-corrected chi connectivity index (χ0v) is 8.23. The SMILES string of the molecule is CNCCCC1CCCCNC1. The maximum Gasteiger partial charge on any atom is -0.00205 e. The first-order chi connectivity index (χ1) is 5.93. The maximum atomic E-state index is 3.50. The van der Waals surface area contributed by atoms with Gasteiger partial charge in [-0.15, -0.1) is 0 Å². The Labute approximate surface area is 76.1 Å². The van der Waals surface area contributed by atoms with Crippen molar-refractivity contribution in [2.45, 2.75) is 32.1 Å². The topological polar surface area (TPSA) is 24.1 Å². The predicted molar refractivity (Wildman–Crippen MR) is 53.4 cm³/mol. The Morgan fingerprint density at radius 3 is 3.17 bits per heavy atom. The van der Waals surface area contributed by atoms with E-state index in [2.05, 4.69) is 10.6 Å². The molecule has 0 amide bonds. The van der Waals surface area contributed by atoms with Crippen molar-refractivity contribution in [3.05, 3.63) is 0 Å². The van der Waals surface area contributed by atoms with Crippen molar-refractivity contribution in [3.8, 4) is 0 Å². The van der Waals surface area contributed by atoms with Crippen LogP contribution in [0.3, 0.4) is 0 Å². The molecule has 1 fully saturated rings. The minimum atomic E-state index is 0.945. The van der Waals surface area contributed by atoms with Crippen LogP contribution in [0.4, 0.5) is 0 Å². The molecule has 2 nitrogen and oxygen atoms in total. The van der Waals surface area contributed by atoms with Crippen molar-refractivity contribution in [2.75, 3.05) is 26.7 Å². The zero-order valence-electron chi connectivity index (χ0n) is 8.23. The van der Waals surface area contributed by atoms with Crippen molar-refractivity contribution in [3.63, 3.8) is 0 Å². The van der Waals surface area contributed by atoms with Gasteiger partial charge in [0.1, 0.15) is 0 Å². The highest BCUT2D eigenvalue weighted by atomic mass is 14.9. The summed E-state index contributed by atoms with van der Waals surface area (Å²) in [7, 11) is 2.03. The van der Waals surface area contributed by atoms with Gasteiger partial charge in [-0.2, -0.15) is 0 Å². The highest BCUT2D eigenvalue weighted by molar-refractivity contribution is 4.67. The fraction of sp³-hybridized carbons (Fsp3) is 1.00. The third kappa shape index (κ3) is 4.07. The second kappa shape index (κ2) is 6.44. The summed E-state index contributed by atoms with van der Waals surface area (Å²) < 4.78 is 0. The lowest BCUT2D eigenvalue weighted by Gasteiger charge is -2.13. The van der Waals surface area contributed by atoms with E-state index in [1.807, 2.05) is 7.05 Å². The van der Waals surface area contributed by atoms with Crippen molar-refractivity contribution in [2.24, 2.45) is 5.92 Å². The molecule has 1 unspecified atom stereocenters. The van der Waals surface area contributed by atoms with E-state index in [1.165, 1.54) is 51.7 Å². The third-order valence-electron chi connectivity index (χ3n) is 2.69. The Balaban J connectivity index is 2.04. The summed E-state index contributed by atoms with van der Waals surface area (Å²) in [5.41, 5.74) is 0. The van der Waals surface area contributed by atoms with Gasteiger partial charge in [-0.25, -0.2) is 0 Å². The summed E-state index contributed by atoms with van der Waals surface area (Å²) in [6, 6.07) is 0. The molecule has 72 valence electrons. The Hall–Kier alpha value is -0.0800. The van der Waals surface area contributed by atoms with E-state index in [9.17, 15) is 0 Å². The van der Waals surface area contributed by atoms with Gasteiger partial charge in [-0.3, -0.25) is 0 Å². The van der Waals surface area contributed by atoms with Gasteiger partial charge in [0.25, 0.3) is 0 Å². The molecule has 0 aromatic heterocycles. The van der Waals surface area contributed by atoms with Gasteiger partial charge in [-0.1, -0.05) is 6.42 Å². The molecule has 0 saturated carbocycles. The van der Waals surface area contributed by atoms with Crippen molar-refractivity contribution < 1.29 is 0 Å². The second-order valence-electron chi connectivity index (χ2n) is 3.81. The zero-order chi connectivity index (χ0) is 8.65. The summed E-state index contributed by atoms with van der Waals surface area (Å²) in [4.78, 5) is 0. The summed E-state index contributed by atoms with van der Waals surface area (Å²) in [6.07, 6.45) is 6.98. The lowest BCUT2D eigenvalue weighted by Crippen LogP contribution is -2.21. The van der Waals surface area contributed by atoms with Crippen LogP contribution in [0.15, 0.2) is 0 Å². The maximum absolute atomic E-state index is 3.50. The van der Waals surface area contributed by atoms with Crippen LogP contribution < -0.4 is 10.6 Å². The van der Waals surface area contributed by atoms with Crippen LogP contribution in [-0.4, -0.2) is 26.7 Å². The number of hydrogen-bond acceptors (Lipinski definition) is 2. The van der Waals surface area contributed by atoms with Crippen LogP contribution in [0.2, 0.25) is 0 Å². The number of nitrogens with one attached hydrogen (secondary N) is 2. The first-order valence-corrected chi connectivity index (χ1v) is 5.29. The molecule has 1 aliphatic heterocycles. The van der Waals surface area contributed by atoms with Gasteiger partial charge in [0, 0.05) is 0 Å². The first-order valence-electron chi connectivity index (χ1n) is 5.29. The fourth-order valence-corrected chi connectivity index (χ4v) is 1.91. The quantitative estimate of drug-likeness (QED) is 0.623. The van der Waals surface area contributed by atoms with Crippen molar-refractivity contribution >= 4 is 0 Å². The third-order valence-corrected chi connectivity index (χ3v) is 2.69. The van der Waals surface area contributed by atoms with Crippen LogP contribution in [0, 0.1) is 5.92 Å². The molecule has 1 heterocycles. The summed E-state index contributed by atoms with van der Waals surface area (Å²) >= 11 is 0. The molecule has 12 heavy (non-hydrogen) atoms. The lowest BCUT2D eigenvalue weighted by atomic mass is 9.98. The van der Waals surface area contributed by atoms with E-state index >= 15 is 0 Å². The molecular formula is C10H22N2. The fourth-order valence-electron chi connectivity index (χ4n) is 1.91. The van der Waals surface area contributed by atoms with Crippen LogP contribution in [0.1, 0.15) is 32.1 Å². The molecule has 0 bridgehead atoms. The van der Waals surface area contributed by atoms with E-state index in [4.69, 9.17) is 0 Å². The molecule has 1 atom stereocenters. The van der Waals surface area contributed by atoms with Gasteiger partial charge in [0.05, 0.1) is 0 Å². The molecular weight excluding hydrogens is 148 g/mol. The standard InChI is InChI=1S/C10H22N2/c1-11-7-4-6-10-5-2-3-8-12-9-10/h10-12H,2-9H2,1H3. The van der Waals surface area contributed by atoms with Gasteiger partial charge < -0.3 is 10.6 Å². The molecule has 2 heteroatoms. The number of rotatable bonds is 4. The summed E-state index contributed by atoms with van der Waals surface area (Å²) in [6.45, 7) is 3.67. The molecule has 0 radical (unpaired) electrons. The van der Waals surface area contributed by atoms with Crippen molar-refractivity contribution in [1.29, 1.82) is 0 Å². The number of hydrogen-bond donors (Lipinski definition) is 2. The Kier molecular flexibility index (Phi) is 5.37. The van der Waals surface area contributed by atoms with Gasteiger partial charge in [-0.05, 0) is 58.3 Å². The molecule has 0 aromatic rings. The smallest absolute Gasteiger partial charge is 0.00205 e. The molecule has 0 spiro atoms. The molecule has 1 aliphatic rings. The Bertz CT molecular complexity index is 96.0. The highest BCUT2D eigenvalue weighted by Gasteiger charge is 2.10. The van der Waals surface area contributed by atoms with E-state index in [1.54, 1.807) is 0 Å². The van der Waals surface area contributed by atoms with E-state index in [0.717, 1.165) is 5.92 Å². The Morgan fingerprint density at radius 2 is 2.33 bits per heavy atom. The average Bonchev–Trinajstić information content (AvgIpc) is 2.33. The molecule has 2 N–H and O–H groups in total. The van der Waals surface area contributed by atoms with Gasteiger partial charge in [0.2, 0.25) is 0 Å². The minimum Gasteiger partial charge on any atom is -0.320 e. The van der Waals surface area contributed by atoms with E-state index in [0.29, 0.717) is 0 Å². The largest absolute Gasteiger partial charge is 0.320 e. The van der Waals surface area contributed by atoms with Crippen LogP contribution >= 0.6 is 0 Å². The molecule has 0 aromatic carbocycles. The van der Waals surface area contributed by atoms with Gasteiger partial charge >= 0.3 is 0 Å². The van der Waals surface area contributed by atoms with E-state index in [-0.39, 0.29) is 0 Å².